The number of nitrogens with one attached hydrogen (secondary N) is 1. The number of aromatic hydroxyl groups is 1. The summed E-state index contributed by atoms with van der Waals surface area (Å²) in [6.45, 7) is 0. The Morgan fingerprint density at radius 2 is 1.79 bits per heavy atom. The highest BCUT2D eigenvalue weighted by atomic mass is 35.5. The lowest BCUT2D eigenvalue weighted by molar-refractivity contribution is 0.470. The Kier molecular flexibility index (Phi) is 4.98. The van der Waals surface area contributed by atoms with Crippen molar-refractivity contribution in [2.45, 2.75) is 6.04 Å². The fourth-order valence-electron chi connectivity index (χ4n) is 3.13. The monoisotopic (exact) mass is 415 g/mol. The van der Waals surface area contributed by atoms with Crippen LogP contribution in [0.4, 0.5) is 19.0 Å². The van der Waals surface area contributed by atoms with Crippen LogP contribution in [0, 0.1) is 17.5 Å². The van der Waals surface area contributed by atoms with Gasteiger partial charge in [0.15, 0.2) is 11.6 Å². The Hall–Kier alpha value is -3.32. The van der Waals surface area contributed by atoms with Gasteiger partial charge in [0.1, 0.15) is 22.9 Å². The molecular weight excluding hydrogens is 403 g/mol. The molecule has 0 spiro atoms. The smallest absolute Gasteiger partial charge is 0.168 e. The first-order chi connectivity index (χ1) is 14.0. The van der Waals surface area contributed by atoms with E-state index in [0.717, 1.165) is 6.20 Å². The van der Waals surface area contributed by atoms with E-state index in [1.165, 1.54) is 24.4 Å². The third-order valence-electron chi connectivity index (χ3n) is 4.47. The van der Waals surface area contributed by atoms with E-state index in [1.807, 2.05) is 0 Å². The SMILES string of the molecule is Oc1c(C(Nc2ncc(F)cc2F)c2c(F)cccc2Cl)ccc2cccnc12. The second-order valence-corrected chi connectivity index (χ2v) is 6.68. The van der Waals surface area contributed by atoms with Gasteiger partial charge in [-0.1, -0.05) is 35.9 Å². The molecule has 0 fully saturated rings. The maximum Gasteiger partial charge on any atom is 0.168 e. The van der Waals surface area contributed by atoms with Crippen molar-refractivity contribution in [2.24, 2.45) is 0 Å². The van der Waals surface area contributed by atoms with Gasteiger partial charge in [0.25, 0.3) is 0 Å². The molecule has 1 atom stereocenters. The summed E-state index contributed by atoms with van der Waals surface area (Å²) in [5, 5.41) is 14.3. The molecule has 0 amide bonds. The minimum atomic E-state index is -1.12. The van der Waals surface area contributed by atoms with Crippen molar-refractivity contribution < 1.29 is 18.3 Å². The van der Waals surface area contributed by atoms with Gasteiger partial charge in [-0.3, -0.25) is 4.98 Å². The quantitative estimate of drug-likeness (QED) is 0.455. The number of hydrogen-bond donors (Lipinski definition) is 2. The molecule has 146 valence electrons. The molecule has 4 rings (SSSR count). The van der Waals surface area contributed by atoms with Crippen LogP contribution in [0.2, 0.25) is 5.02 Å². The summed E-state index contributed by atoms with van der Waals surface area (Å²) < 4.78 is 42.2. The van der Waals surface area contributed by atoms with Crippen LogP contribution in [0.5, 0.6) is 5.75 Å². The summed E-state index contributed by atoms with van der Waals surface area (Å²) in [6, 6.07) is 10.3. The molecule has 4 nitrogen and oxygen atoms in total. The number of halogens is 4. The summed E-state index contributed by atoms with van der Waals surface area (Å²) in [7, 11) is 0. The largest absolute Gasteiger partial charge is 0.505 e. The molecule has 29 heavy (non-hydrogen) atoms. The van der Waals surface area contributed by atoms with Gasteiger partial charge in [0.05, 0.1) is 12.2 Å². The Balaban J connectivity index is 1.92. The lowest BCUT2D eigenvalue weighted by Crippen LogP contribution is -2.17. The Morgan fingerprint density at radius 1 is 0.966 bits per heavy atom. The summed E-state index contributed by atoms with van der Waals surface area (Å²) in [5.41, 5.74) is 0.468. The minimum absolute atomic E-state index is 0.0229. The molecule has 0 saturated heterocycles. The fraction of sp³-hybridized carbons (Fsp3) is 0.0476. The lowest BCUT2D eigenvalue weighted by atomic mass is 9.95. The average Bonchev–Trinajstić information content (AvgIpc) is 2.69. The number of hydrogen-bond acceptors (Lipinski definition) is 4. The van der Waals surface area contributed by atoms with E-state index < -0.39 is 23.5 Å². The van der Waals surface area contributed by atoms with Crippen molar-refractivity contribution in [2.75, 3.05) is 5.32 Å². The first-order valence-corrected chi connectivity index (χ1v) is 8.91. The molecule has 0 bridgehead atoms. The first-order valence-electron chi connectivity index (χ1n) is 8.54. The molecule has 0 aliphatic rings. The second kappa shape index (κ2) is 7.60. The molecule has 0 radical (unpaired) electrons. The van der Waals surface area contributed by atoms with Crippen LogP contribution in [-0.4, -0.2) is 15.1 Å². The highest BCUT2D eigenvalue weighted by Crippen LogP contribution is 2.39. The highest BCUT2D eigenvalue weighted by Gasteiger charge is 2.26. The van der Waals surface area contributed by atoms with Gasteiger partial charge >= 0.3 is 0 Å². The molecule has 2 aromatic carbocycles. The zero-order chi connectivity index (χ0) is 20.5. The maximum atomic E-state index is 14.7. The number of phenolic OH excluding ortho intramolecular Hbond substituents is 1. The van der Waals surface area contributed by atoms with Gasteiger partial charge in [-0.15, -0.1) is 0 Å². The molecule has 4 aromatic rings. The second-order valence-electron chi connectivity index (χ2n) is 6.28. The van der Waals surface area contributed by atoms with Gasteiger partial charge in [0.2, 0.25) is 0 Å². The lowest BCUT2D eigenvalue weighted by Gasteiger charge is -2.23. The summed E-state index contributed by atoms with van der Waals surface area (Å²) in [5.74, 6) is -3.04. The molecule has 2 aromatic heterocycles. The van der Waals surface area contributed by atoms with Crippen molar-refractivity contribution in [3.63, 3.8) is 0 Å². The molecule has 1 unspecified atom stereocenters. The van der Waals surface area contributed by atoms with Crippen LogP contribution >= 0.6 is 11.6 Å². The average molecular weight is 416 g/mol. The van der Waals surface area contributed by atoms with E-state index in [4.69, 9.17) is 11.6 Å². The van der Waals surface area contributed by atoms with Crippen molar-refractivity contribution in [3.8, 4) is 5.75 Å². The van der Waals surface area contributed by atoms with Crippen LogP contribution in [0.25, 0.3) is 10.9 Å². The number of pyridine rings is 2. The van der Waals surface area contributed by atoms with E-state index in [-0.39, 0.29) is 33.2 Å². The van der Waals surface area contributed by atoms with Crippen LogP contribution < -0.4 is 5.32 Å². The number of aromatic nitrogens is 2. The fourth-order valence-corrected chi connectivity index (χ4v) is 3.40. The molecular formula is C21H13ClF3N3O. The molecule has 0 aliphatic carbocycles. The van der Waals surface area contributed by atoms with E-state index in [2.05, 4.69) is 15.3 Å². The standard InChI is InChI=1S/C21H13ClF3N3O/c22-14-4-1-5-15(24)17(14)19(28-21-16(25)9-12(23)10-27-21)13-7-6-11-3-2-8-26-18(11)20(13)29/h1-10,19,29H,(H,27,28). The third-order valence-corrected chi connectivity index (χ3v) is 4.80. The molecule has 8 heteroatoms. The van der Waals surface area contributed by atoms with Gasteiger partial charge in [-0.25, -0.2) is 18.2 Å². The van der Waals surface area contributed by atoms with Crippen molar-refractivity contribution in [1.82, 2.24) is 9.97 Å². The number of rotatable bonds is 4. The zero-order valence-corrected chi connectivity index (χ0v) is 15.5. The summed E-state index contributed by atoms with van der Waals surface area (Å²) in [4.78, 5) is 7.85. The number of benzene rings is 2. The van der Waals surface area contributed by atoms with Gasteiger partial charge in [-0.05, 0) is 18.2 Å². The predicted molar refractivity (Wildman–Crippen MR) is 104 cm³/mol. The van der Waals surface area contributed by atoms with E-state index in [1.54, 1.807) is 24.3 Å². The van der Waals surface area contributed by atoms with E-state index in [0.29, 0.717) is 11.5 Å². The van der Waals surface area contributed by atoms with Gasteiger partial charge < -0.3 is 10.4 Å². The van der Waals surface area contributed by atoms with Crippen molar-refractivity contribution >= 4 is 28.3 Å². The number of phenols is 1. The van der Waals surface area contributed by atoms with Gasteiger partial charge in [0, 0.05) is 33.8 Å². The Bertz CT molecular complexity index is 1200. The number of fused-ring (bicyclic) bond motifs is 1. The summed E-state index contributed by atoms with van der Waals surface area (Å²) in [6.07, 6.45) is 2.33. The number of anilines is 1. The van der Waals surface area contributed by atoms with E-state index in [9.17, 15) is 18.3 Å². The summed E-state index contributed by atoms with van der Waals surface area (Å²) >= 11 is 6.22. The zero-order valence-electron chi connectivity index (χ0n) is 14.7. The molecule has 0 aliphatic heterocycles. The van der Waals surface area contributed by atoms with Crippen LogP contribution in [0.15, 0.2) is 60.9 Å². The number of nitrogens with zero attached hydrogens (tertiary/aromatic N) is 2. The Labute approximate surface area is 168 Å². The van der Waals surface area contributed by atoms with Gasteiger partial charge in [-0.2, -0.15) is 0 Å². The van der Waals surface area contributed by atoms with Crippen molar-refractivity contribution in [3.05, 3.63) is 94.5 Å². The maximum absolute atomic E-state index is 14.7. The normalized spacial score (nSPS) is 12.1. The van der Waals surface area contributed by atoms with Crippen LogP contribution in [0.3, 0.4) is 0 Å². The first kappa shape index (κ1) is 19.0. The topological polar surface area (TPSA) is 58.0 Å². The van der Waals surface area contributed by atoms with Crippen LogP contribution in [0.1, 0.15) is 17.2 Å². The Morgan fingerprint density at radius 3 is 2.55 bits per heavy atom. The molecule has 2 heterocycles. The highest BCUT2D eigenvalue weighted by molar-refractivity contribution is 6.31. The van der Waals surface area contributed by atoms with Crippen molar-refractivity contribution in [1.29, 1.82) is 0 Å². The third kappa shape index (κ3) is 3.56. The molecule has 0 saturated carbocycles. The minimum Gasteiger partial charge on any atom is -0.505 e. The predicted octanol–water partition coefficient (Wildman–Crippen LogP) is 5.61. The van der Waals surface area contributed by atoms with E-state index >= 15 is 0 Å². The molecule has 2 N–H and O–H groups in total. The van der Waals surface area contributed by atoms with Crippen LogP contribution in [-0.2, 0) is 0 Å².